The number of aliphatic carboxylic acids is 2. The van der Waals surface area contributed by atoms with Gasteiger partial charge in [-0.25, -0.2) is 4.79 Å². The van der Waals surface area contributed by atoms with Crippen molar-refractivity contribution in [2.45, 2.75) is 63.7 Å². The lowest BCUT2D eigenvalue weighted by Crippen LogP contribution is -2.57. The highest BCUT2D eigenvalue weighted by Gasteiger charge is 2.30. The molecule has 40 heavy (non-hydrogen) atoms. The molecule has 1 rings (SSSR count). The van der Waals surface area contributed by atoms with Gasteiger partial charge in [-0.3, -0.25) is 24.0 Å². The predicted molar refractivity (Wildman–Crippen MR) is 140 cm³/mol. The van der Waals surface area contributed by atoms with Crippen molar-refractivity contribution in [3.63, 3.8) is 0 Å². The van der Waals surface area contributed by atoms with Gasteiger partial charge in [0, 0.05) is 6.42 Å². The minimum atomic E-state index is -1.57. The Kier molecular flexibility index (Phi) is 14.1. The van der Waals surface area contributed by atoms with Crippen molar-refractivity contribution >= 4 is 35.6 Å². The number of nitrogens with two attached hydrogens (primary N) is 1. The molecule has 0 aliphatic carbocycles. The molecule has 5 atom stereocenters. The summed E-state index contributed by atoms with van der Waals surface area (Å²) >= 11 is 0. The lowest BCUT2D eigenvalue weighted by Gasteiger charge is -2.25. The first-order valence-corrected chi connectivity index (χ1v) is 12.6. The number of nitrogens with one attached hydrogen (secondary N) is 4. The number of rotatable bonds is 17. The topological polar surface area (TPSA) is 257 Å². The third kappa shape index (κ3) is 11.7. The van der Waals surface area contributed by atoms with E-state index in [1.54, 1.807) is 26.0 Å². The second kappa shape index (κ2) is 16.7. The molecule has 0 radical (unpaired) electrons. The number of carboxylic acid groups (broad SMARTS) is 2. The van der Waals surface area contributed by atoms with Crippen molar-refractivity contribution < 1.29 is 49.2 Å². The summed E-state index contributed by atoms with van der Waals surface area (Å²) in [4.78, 5) is 72.1. The molecule has 0 saturated heterocycles. The Morgan fingerprint density at radius 1 is 0.900 bits per heavy atom. The number of carbonyl (C=O) groups excluding carboxylic acids is 4. The number of hydrogen-bond acceptors (Lipinski definition) is 9. The molecular weight excluding hydrogens is 530 g/mol. The summed E-state index contributed by atoms with van der Waals surface area (Å²) < 4.78 is 0. The molecule has 0 aliphatic rings. The summed E-state index contributed by atoms with van der Waals surface area (Å²) in [5.74, 6) is -6.30. The normalized spacial score (nSPS) is 14.5. The molecule has 15 heteroatoms. The smallest absolute Gasteiger partial charge is 0.326 e. The molecule has 0 bridgehead atoms. The summed E-state index contributed by atoms with van der Waals surface area (Å²) in [6.45, 7) is 1.98. The first-order valence-electron chi connectivity index (χ1n) is 12.6. The molecule has 0 saturated carbocycles. The molecule has 1 aromatic carbocycles. The number of hydrogen-bond donors (Lipinski definition) is 9. The van der Waals surface area contributed by atoms with Gasteiger partial charge in [0.05, 0.1) is 19.2 Å². The Hall–Kier alpha value is -4.24. The first-order chi connectivity index (χ1) is 18.8. The van der Waals surface area contributed by atoms with Crippen LogP contribution in [0.1, 0.15) is 38.7 Å². The summed E-state index contributed by atoms with van der Waals surface area (Å²) in [5, 5.41) is 45.9. The minimum Gasteiger partial charge on any atom is -0.508 e. The van der Waals surface area contributed by atoms with Crippen molar-refractivity contribution in [1.82, 2.24) is 21.3 Å². The lowest BCUT2D eigenvalue weighted by atomic mass is 9.97. The molecule has 0 fully saturated rings. The maximum absolute atomic E-state index is 12.8. The van der Waals surface area contributed by atoms with E-state index in [4.69, 9.17) is 15.9 Å². The number of aliphatic hydroxyl groups excluding tert-OH is 1. The van der Waals surface area contributed by atoms with E-state index in [2.05, 4.69) is 21.3 Å². The number of aliphatic hydroxyl groups is 1. The monoisotopic (exact) mass is 567 g/mol. The van der Waals surface area contributed by atoms with Crippen LogP contribution in [-0.2, 0) is 35.2 Å². The fourth-order valence-corrected chi connectivity index (χ4v) is 3.46. The molecule has 0 spiro atoms. The molecule has 0 unspecified atom stereocenters. The average molecular weight is 568 g/mol. The SMILES string of the molecule is CC[C@H](C)[C@H](NC(=O)[C@@H](N)Cc1ccc(O)cc1)C(=O)NCC(=O)N[C@@H](CO)C(=O)N[C@@H](CCC(=O)O)C(=O)O. The maximum atomic E-state index is 12.8. The van der Waals surface area contributed by atoms with Crippen LogP contribution in [0.5, 0.6) is 5.75 Å². The van der Waals surface area contributed by atoms with Gasteiger partial charge in [0.15, 0.2) is 0 Å². The molecular formula is C25H37N5O10. The van der Waals surface area contributed by atoms with E-state index in [0.717, 1.165) is 0 Å². The highest BCUT2D eigenvalue weighted by atomic mass is 16.4. The van der Waals surface area contributed by atoms with Crippen LogP contribution < -0.4 is 27.0 Å². The van der Waals surface area contributed by atoms with Crippen molar-refractivity contribution in [2.75, 3.05) is 13.2 Å². The fraction of sp³-hybridized carbons (Fsp3) is 0.520. The van der Waals surface area contributed by atoms with Crippen LogP contribution in [-0.4, -0.2) is 93.3 Å². The molecule has 10 N–H and O–H groups in total. The zero-order valence-electron chi connectivity index (χ0n) is 22.3. The van der Waals surface area contributed by atoms with Gasteiger partial charge in [0.25, 0.3) is 0 Å². The van der Waals surface area contributed by atoms with E-state index in [1.165, 1.54) is 12.1 Å². The van der Waals surface area contributed by atoms with Gasteiger partial charge in [0.1, 0.15) is 23.9 Å². The first kappa shape index (κ1) is 33.8. The summed E-state index contributed by atoms with van der Waals surface area (Å²) in [6.07, 6.45) is -0.306. The molecule has 0 aliphatic heterocycles. The fourth-order valence-electron chi connectivity index (χ4n) is 3.46. The van der Waals surface area contributed by atoms with Gasteiger partial charge in [-0.1, -0.05) is 32.4 Å². The molecule has 4 amide bonds. The van der Waals surface area contributed by atoms with Gasteiger partial charge in [-0.05, 0) is 36.5 Å². The van der Waals surface area contributed by atoms with Crippen LogP contribution in [0.15, 0.2) is 24.3 Å². The number of phenolic OH excluding ortho intramolecular Hbond substituents is 1. The highest BCUT2D eigenvalue weighted by Crippen LogP contribution is 2.12. The summed E-state index contributed by atoms with van der Waals surface area (Å²) in [6, 6.07) is 0.952. The number of amides is 4. The molecule has 222 valence electrons. The third-order valence-electron chi connectivity index (χ3n) is 6.04. The van der Waals surface area contributed by atoms with E-state index in [0.29, 0.717) is 12.0 Å². The van der Waals surface area contributed by atoms with Gasteiger partial charge in [-0.2, -0.15) is 0 Å². The quantitative estimate of drug-likeness (QED) is 0.0977. The lowest BCUT2D eigenvalue weighted by molar-refractivity contribution is -0.143. The average Bonchev–Trinajstić information content (AvgIpc) is 2.91. The van der Waals surface area contributed by atoms with Crippen molar-refractivity contribution in [1.29, 1.82) is 0 Å². The van der Waals surface area contributed by atoms with Crippen LogP contribution in [0.4, 0.5) is 0 Å². The Labute approximate surface area is 230 Å². The number of benzene rings is 1. The van der Waals surface area contributed by atoms with Crippen LogP contribution in [0, 0.1) is 5.92 Å². The van der Waals surface area contributed by atoms with E-state index in [9.17, 15) is 39.0 Å². The Morgan fingerprint density at radius 2 is 1.52 bits per heavy atom. The van der Waals surface area contributed by atoms with Crippen molar-refractivity contribution in [3.05, 3.63) is 29.8 Å². The van der Waals surface area contributed by atoms with Crippen LogP contribution >= 0.6 is 0 Å². The second-order valence-corrected chi connectivity index (χ2v) is 9.20. The number of phenols is 1. The number of carbonyl (C=O) groups is 6. The van der Waals surface area contributed by atoms with Gasteiger partial charge in [0.2, 0.25) is 23.6 Å². The van der Waals surface area contributed by atoms with E-state index in [-0.39, 0.29) is 18.1 Å². The zero-order valence-corrected chi connectivity index (χ0v) is 22.3. The Balaban J connectivity index is 2.72. The second-order valence-electron chi connectivity index (χ2n) is 9.20. The third-order valence-corrected chi connectivity index (χ3v) is 6.04. The van der Waals surface area contributed by atoms with Crippen LogP contribution in [0.2, 0.25) is 0 Å². The molecule has 0 aromatic heterocycles. The summed E-state index contributed by atoms with van der Waals surface area (Å²) in [7, 11) is 0. The van der Waals surface area contributed by atoms with E-state index >= 15 is 0 Å². The van der Waals surface area contributed by atoms with Crippen molar-refractivity contribution in [3.8, 4) is 5.75 Å². The minimum absolute atomic E-state index is 0.0606. The molecule has 15 nitrogen and oxygen atoms in total. The summed E-state index contributed by atoms with van der Waals surface area (Å²) in [5.41, 5.74) is 6.68. The van der Waals surface area contributed by atoms with Crippen LogP contribution in [0.3, 0.4) is 0 Å². The van der Waals surface area contributed by atoms with Gasteiger partial charge < -0.3 is 47.4 Å². The van der Waals surface area contributed by atoms with E-state index < -0.39 is 85.7 Å². The largest absolute Gasteiger partial charge is 0.508 e. The maximum Gasteiger partial charge on any atom is 0.326 e. The number of aromatic hydroxyl groups is 1. The Morgan fingerprint density at radius 3 is 2.05 bits per heavy atom. The molecule has 0 heterocycles. The zero-order chi connectivity index (χ0) is 30.4. The Bertz CT molecular complexity index is 1050. The van der Waals surface area contributed by atoms with E-state index in [1.807, 2.05) is 0 Å². The highest BCUT2D eigenvalue weighted by molar-refractivity contribution is 5.94. The van der Waals surface area contributed by atoms with Crippen LogP contribution in [0.25, 0.3) is 0 Å². The number of carboxylic acids is 2. The predicted octanol–water partition coefficient (Wildman–Crippen LogP) is -2.18. The van der Waals surface area contributed by atoms with Crippen molar-refractivity contribution in [2.24, 2.45) is 11.7 Å². The van der Waals surface area contributed by atoms with Gasteiger partial charge >= 0.3 is 11.9 Å². The van der Waals surface area contributed by atoms with Gasteiger partial charge in [-0.15, -0.1) is 0 Å². The molecule has 1 aromatic rings. The standard InChI is InChI=1S/C25H37N5O10/c1-3-13(2)21(30-22(36)16(26)10-14-4-6-15(32)7-5-14)24(38)27-11-19(33)28-18(12-31)23(37)29-17(25(39)40)8-9-20(34)35/h4-7,13,16-18,21,31-32H,3,8-12,26H2,1-2H3,(H,27,38)(H,28,33)(H,29,37)(H,30,36)(H,34,35)(H,39,40)/t13-,16-,17-,18-,21-/m0/s1.